The Bertz CT molecular complexity index is 685. The van der Waals surface area contributed by atoms with Gasteiger partial charge in [-0.25, -0.2) is 4.98 Å². The number of anilines is 1. The molecule has 2 aromatic rings. The summed E-state index contributed by atoms with van der Waals surface area (Å²) in [6, 6.07) is 10.8. The second-order valence-electron chi connectivity index (χ2n) is 5.61. The second-order valence-corrected chi connectivity index (χ2v) is 6.76. The van der Waals surface area contributed by atoms with Crippen LogP contribution in [0.5, 0.6) is 5.88 Å². The van der Waals surface area contributed by atoms with Crippen LogP contribution in [0.2, 0.25) is 0 Å². The van der Waals surface area contributed by atoms with Crippen LogP contribution in [0.1, 0.15) is 22.3 Å². The molecule has 0 spiro atoms. The molecule has 1 aliphatic heterocycles. The van der Waals surface area contributed by atoms with E-state index in [1.165, 1.54) is 0 Å². The highest BCUT2D eigenvalue weighted by molar-refractivity contribution is 7.99. The Labute approximate surface area is 145 Å². The Morgan fingerprint density at radius 1 is 1.33 bits per heavy atom. The quantitative estimate of drug-likeness (QED) is 0.843. The highest BCUT2D eigenvalue weighted by Gasteiger charge is 2.18. The zero-order chi connectivity index (χ0) is 16.8. The minimum absolute atomic E-state index is 0.116. The summed E-state index contributed by atoms with van der Waals surface area (Å²) in [5.41, 5.74) is 2.27. The number of carbonyl (C=O) groups excluding carboxylic acids is 1. The van der Waals surface area contributed by atoms with Gasteiger partial charge in [0, 0.05) is 35.9 Å². The molecular weight excluding hydrogens is 324 g/mol. The van der Waals surface area contributed by atoms with E-state index < -0.39 is 0 Å². The second kappa shape index (κ2) is 8.17. The first-order valence-corrected chi connectivity index (χ1v) is 9.11. The van der Waals surface area contributed by atoms with Crippen molar-refractivity contribution in [1.29, 1.82) is 0 Å². The van der Waals surface area contributed by atoms with E-state index in [-0.39, 0.29) is 18.6 Å². The third kappa shape index (κ3) is 4.49. The Balaban J connectivity index is 1.63. The summed E-state index contributed by atoms with van der Waals surface area (Å²) in [5, 5.41) is 11.8. The topological polar surface area (TPSA) is 71.5 Å². The predicted octanol–water partition coefficient (Wildman–Crippen LogP) is 2.75. The number of aromatic nitrogens is 1. The number of carbonyl (C=O) groups is 1. The zero-order valence-corrected chi connectivity index (χ0v) is 14.1. The molecule has 0 saturated carbocycles. The molecule has 1 amide bonds. The van der Waals surface area contributed by atoms with Crippen LogP contribution in [0.3, 0.4) is 0 Å². The number of aliphatic hydroxyl groups excluding tert-OH is 1. The fraction of sp³-hybridized carbons (Fsp3) is 0.333. The summed E-state index contributed by atoms with van der Waals surface area (Å²) in [6.45, 7) is 0.116. The number of nitrogens with one attached hydrogen (secondary N) is 1. The van der Waals surface area contributed by atoms with Gasteiger partial charge < -0.3 is 15.2 Å². The van der Waals surface area contributed by atoms with Crippen LogP contribution in [-0.2, 0) is 6.42 Å². The Morgan fingerprint density at radius 2 is 2.17 bits per heavy atom. The molecule has 0 radical (unpaired) electrons. The van der Waals surface area contributed by atoms with Gasteiger partial charge in [0.2, 0.25) is 5.88 Å². The van der Waals surface area contributed by atoms with Crippen molar-refractivity contribution in [2.45, 2.75) is 18.9 Å². The highest BCUT2D eigenvalue weighted by atomic mass is 32.2. The molecule has 1 unspecified atom stereocenters. The molecule has 0 bridgehead atoms. The molecule has 1 aromatic carbocycles. The summed E-state index contributed by atoms with van der Waals surface area (Å²) < 4.78 is 5.82. The van der Waals surface area contributed by atoms with E-state index in [0.717, 1.165) is 23.5 Å². The van der Waals surface area contributed by atoms with Gasteiger partial charge in [-0.1, -0.05) is 12.1 Å². The lowest BCUT2D eigenvalue weighted by molar-refractivity contribution is 0.102. The number of aliphatic hydroxyl groups is 1. The van der Waals surface area contributed by atoms with Crippen molar-refractivity contribution in [3.63, 3.8) is 0 Å². The molecular formula is C18H20N2O3S. The molecule has 1 aromatic heterocycles. The fourth-order valence-corrected chi connectivity index (χ4v) is 3.57. The third-order valence-electron chi connectivity index (χ3n) is 3.78. The number of benzene rings is 1. The average Bonchev–Trinajstić information content (AvgIpc) is 3.10. The summed E-state index contributed by atoms with van der Waals surface area (Å²) in [5.74, 6) is 2.38. The molecule has 2 heterocycles. The van der Waals surface area contributed by atoms with E-state index >= 15 is 0 Å². The summed E-state index contributed by atoms with van der Waals surface area (Å²) in [6.07, 6.45) is 3.40. The lowest BCUT2D eigenvalue weighted by atomic mass is 10.1. The molecule has 6 heteroatoms. The van der Waals surface area contributed by atoms with Gasteiger partial charge in [0.05, 0.1) is 0 Å². The van der Waals surface area contributed by atoms with Crippen LogP contribution in [0, 0.1) is 0 Å². The first-order chi connectivity index (χ1) is 11.7. The third-order valence-corrected chi connectivity index (χ3v) is 4.92. The predicted molar refractivity (Wildman–Crippen MR) is 95.8 cm³/mol. The van der Waals surface area contributed by atoms with E-state index in [1.807, 2.05) is 36.0 Å². The van der Waals surface area contributed by atoms with Crippen molar-refractivity contribution < 1.29 is 14.6 Å². The maximum absolute atomic E-state index is 12.4. The van der Waals surface area contributed by atoms with E-state index in [1.54, 1.807) is 18.3 Å². The Morgan fingerprint density at radius 3 is 2.88 bits per heavy atom. The van der Waals surface area contributed by atoms with Crippen molar-refractivity contribution in [3.05, 3.63) is 53.7 Å². The number of pyridine rings is 1. The van der Waals surface area contributed by atoms with Gasteiger partial charge >= 0.3 is 0 Å². The van der Waals surface area contributed by atoms with Crippen LogP contribution >= 0.6 is 11.8 Å². The van der Waals surface area contributed by atoms with Gasteiger partial charge in [-0.05, 0) is 42.4 Å². The minimum atomic E-state index is -0.196. The van der Waals surface area contributed by atoms with Crippen molar-refractivity contribution in [2.75, 3.05) is 23.4 Å². The van der Waals surface area contributed by atoms with E-state index in [0.29, 0.717) is 23.6 Å². The summed E-state index contributed by atoms with van der Waals surface area (Å²) in [4.78, 5) is 16.6. The molecule has 3 rings (SSSR count). The van der Waals surface area contributed by atoms with Gasteiger partial charge in [-0.3, -0.25) is 4.79 Å². The van der Waals surface area contributed by atoms with Crippen LogP contribution in [0.15, 0.2) is 42.6 Å². The first kappa shape index (κ1) is 16.8. The average molecular weight is 344 g/mol. The number of rotatable bonds is 6. The summed E-state index contributed by atoms with van der Waals surface area (Å²) >= 11 is 1.87. The van der Waals surface area contributed by atoms with Crippen LogP contribution < -0.4 is 10.1 Å². The minimum Gasteiger partial charge on any atom is -0.473 e. The first-order valence-electron chi connectivity index (χ1n) is 7.96. The largest absolute Gasteiger partial charge is 0.473 e. The van der Waals surface area contributed by atoms with Gasteiger partial charge in [-0.2, -0.15) is 11.8 Å². The van der Waals surface area contributed by atoms with Gasteiger partial charge in [0.25, 0.3) is 5.91 Å². The van der Waals surface area contributed by atoms with Gasteiger partial charge in [-0.15, -0.1) is 0 Å². The lowest BCUT2D eigenvalue weighted by Gasteiger charge is -2.12. The standard InChI is InChI=1S/C18H20N2O3S/c21-9-6-13-1-3-15(4-2-13)20-18(22)14-5-8-19-17(11-14)23-16-7-10-24-12-16/h1-5,8,11,16,21H,6-7,9-10,12H2,(H,20,22). The number of thioether (sulfide) groups is 1. The SMILES string of the molecule is O=C(Nc1ccc(CCO)cc1)c1ccnc(OC2CCSC2)c1. The van der Waals surface area contributed by atoms with Gasteiger partial charge in [0.1, 0.15) is 6.10 Å². The molecule has 24 heavy (non-hydrogen) atoms. The Kier molecular flexibility index (Phi) is 5.72. The highest BCUT2D eigenvalue weighted by Crippen LogP contribution is 2.22. The molecule has 1 aliphatic rings. The van der Waals surface area contributed by atoms with Crippen molar-refractivity contribution in [1.82, 2.24) is 4.98 Å². The molecule has 126 valence electrons. The fourth-order valence-electron chi connectivity index (χ4n) is 2.48. The van der Waals surface area contributed by atoms with Crippen LogP contribution in [0.25, 0.3) is 0 Å². The lowest BCUT2D eigenvalue weighted by Crippen LogP contribution is -2.17. The normalized spacial score (nSPS) is 16.8. The van der Waals surface area contributed by atoms with Gasteiger partial charge in [0.15, 0.2) is 0 Å². The van der Waals surface area contributed by atoms with E-state index in [9.17, 15) is 4.79 Å². The monoisotopic (exact) mass is 344 g/mol. The molecule has 1 atom stereocenters. The number of amides is 1. The number of nitrogens with zero attached hydrogens (tertiary/aromatic N) is 1. The molecule has 1 saturated heterocycles. The molecule has 2 N–H and O–H groups in total. The van der Waals surface area contributed by atoms with Crippen molar-refractivity contribution in [2.24, 2.45) is 0 Å². The van der Waals surface area contributed by atoms with Crippen LogP contribution in [0.4, 0.5) is 5.69 Å². The Hall–Kier alpha value is -2.05. The zero-order valence-electron chi connectivity index (χ0n) is 13.3. The molecule has 5 nitrogen and oxygen atoms in total. The van der Waals surface area contributed by atoms with E-state index in [4.69, 9.17) is 9.84 Å². The smallest absolute Gasteiger partial charge is 0.255 e. The molecule has 1 fully saturated rings. The maximum Gasteiger partial charge on any atom is 0.255 e. The number of ether oxygens (including phenoxy) is 1. The van der Waals surface area contributed by atoms with Crippen molar-refractivity contribution >= 4 is 23.4 Å². The maximum atomic E-state index is 12.4. The van der Waals surface area contributed by atoms with Crippen LogP contribution in [-0.4, -0.2) is 40.2 Å². The summed E-state index contributed by atoms with van der Waals surface area (Å²) in [7, 11) is 0. The molecule has 0 aliphatic carbocycles. The van der Waals surface area contributed by atoms with Crippen molar-refractivity contribution in [3.8, 4) is 5.88 Å². The number of hydrogen-bond donors (Lipinski definition) is 2. The van der Waals surface area contributed by atoms with E-state index in [2.05, 4.69) is 10.3 Å². The number of hydrogen-bond acceptors (Lipinski definition) is 5.